The maximum atomic E-state index is 11.0. The minimum Gasteiger partial charge on any atom is -0.374 e. The van der Waals surface area contributed by atoms with Crippen molar-refractivity contribution in [2.45, 2.75) is 24.7 Å². The molecule has 1 fully saturated rings. The fourth-order valence-corrected chi connectivity index (χ4v) is 3.11. The van der Waals surface area contributed by atoms with E-state index in [2.05, 4.69) is 11.0 Å². The Bertz CT molecular complexity index is 586. The summed E-state index contributed by atoms with van der Waals surface area (Å²) in [5.74, 6) is 0. The van der Waals surface area contributed by atoms with Crippen LogP contribution in [0.25, 0.3) is 0 Å². The van der Waals surface area contributed by atoms with Gasteiger partial charge in [0.05, 0.1) is 9.82 Å². The molecule has 0 unspecified atom stereocenters. The number of hydrogen-bond donors (Lipinski definition) is 0. The van der Waals surface area contributed by atoms with Crippen LogP contribution >= 0.6 is 11.8 Å². The molecule has 1 heterocycles. The van der Waals surface area contributed by atoms with Gasteiger partial charge in [-0.25, -0.2) is 0 Å². The zero-order valence-electron chi connectivity index (χ0n) is 11.2. The Hall–Kier alpha value is -2.00. The Balaban J connectivity index is 2.29. The van der Waals surface area contributed by atoms with E-state index in [9.17, 15) is 15.4 Å². The Morgan fingerprint density at radius 2 is 2.05 bits per heavy atom. The van der Waals surface area contributed by atoms with Gasteiger partial charge >= 0.3 is 0 Å². The van der Waals surface area contributed by atoms with E-state index < -0.39 is 4.92 Å². The second-order valence-corrected chi connectivity index (χ2v) is 5.60. The van der Waals surface area contributed by atoms with Crippen LogP contribution in [0, 0.1) is 21.4 Å². The molecule has 0 aliphatic carbocycles. The minimum absolute atomic E-state index is 0.0412. The average Bonchev–Trinajstić information content (AvgIpc) is 2.98. The summed E-state index contributed by atoms with van der Waals surface area (Å²) in [6, 6.07) is 8.69. The van der Waals surface area contributed by atoms with Crippen LogP contribution in [-0.2, 0) is 0 Å². The van der Waals surface area contributed by atoms with Gasteiger partial charge in [0.2, 0.25) is 0 Å². The van der Waals surface area contributed by atoms with E-state index in [0.29, 0.717) is 9.80 Å². The van der Waals surface area contributed by atoms with Gasteiger partial charge in [-0.2, -0.15) is 5.26 Å². The fraction of sp³-hybridized carbons (Fsp3) is 0.357. The molecule has 0 saturated carbocycles. The van der Waals surface area contributed by atoms with Crippen molar-refractivity contribution < 1.29 is 4.92 Å². The lowest BCUT2D eigenvalue weighted by Gasteiger charge is -2.19. The summed E-state index contributed by atoms with van der Waals surface area (Å²) in [7, 11) is 0. The third kappa shape index (κ3) is 3.11. The number of nitro benzene ring substituents is 1. The van der Waals surface area contributed by atoms with Crippen LogP contribution in [0.15, 0.2) is 39.8 Å². The highest BCUT2D eigenvalue weighted by Gasteiger charge is 2.19. The lowest BCUT2D eigenvalue weighted by atomic mass is 10.3. The molecule has 20 heavy (non-hydrogen) atoms. The first-order valence-electron chi connectivity index (χ1n) is 6.40. The largest absolute Gasteiger partial charge is 0.374 e. The molecule has 104 valence electrons. The predicted octanol–water partition coefficient (Wildman–Crippen LogP) is 3.54. The summed E-state index contributed by atoms with van der Waals surface area (Å²) in [6.45, 7) is 3.81. The smallest absolute Gasteiger partial charge is 0.283 e. The Kier molecular flexibility index (Phi) is 4.64. The van der Waals surface area contributed by atoms with Gasteiger partial charge in [-0.05, 0) is 25.8 Å². The summed E-state index contributed by atoms with van der Waals surface area (Å²) in [5.41, 5.74) is 0.952. The van der Waals surface area contributed by atoms with Crippen molar-refractivity contribution in [3.05, 3.63) is 45.0 Å². The lowest BCUT2D eigenvalue weighted by Crippen LogP contribution is -2.17. The second kappa shape index (κ2) is 6.44. The molecule has 1 aliphatic rings. The van der Waals surface area contributed by atoms with Crippen molar-refractivity contribution in [2.75, 3.05) is 13.1 Å². The van der Waals surface area contributed by atoms with Crippen LogP contribution in [0.5, 0.6) is 0 Å². The molecule has 2 rings (SSSR count). The first-order chi connectivity index (χ1) is 9.63. The molecule has 0 aromatic heterocycles. The third-order valence-electron chi connectivity index (χ3n) is 3.28. The van der Waals surface area contributed by atoms with Crippen molar-refractivity contribution in [3.8, 4) is 6.07 Å². The van der Waals surface area contributed by atoms with Crippen molar-refractivity contribution in [1.82, 2.24) is 4.90 Å². The summed E-state index contributed by atoms with van der Waals surface area (Å²) >= 11 is 1.17. The van der Waals surface area contributed by atoms with Crippen molar-refractivity contribution in [1.29, 1.82) is 5.26 Å². The van der Waals surface area contributed by atoms with Crippen LogP contribution in [0.2, 0.25) is 0 Å². The van der Waals surface area contributed by atoms with Crippen molar-refractivity contribution in [3.63, 3.8) is 0 Å². The van der Waals surface area contributed by atoms with Gasteiger partial charge in [-0.3, -0.25) is 10.1 Å². The Morgan fingerprint density at radius 3 is 2.65 bits per heavy atom. The van der Waals surface area contributed by atoms with Crippen LogP contribution in [0.3, 0.4) is 0 Å². The van der Waals surface area contributed by atoms with Crippen LogP contribution in [0.1, 0.15) is 19.8 Å². The molecule has 0 spiro atoms. The van der Waals surface area contributed by atoms with E-state index in [1.165, 1.54) is 17.8 Å². The van der Waals surface area contributed by atoms with Gasteiger partial charge in [-0.15, -0.1) is 0 Å². The first-order valence-corrected chi connectivity index (χ1v) is 7.22. The molecule has 0 bridgehead atoms. The molecular formula is C14H15N3O2S. The highest BCUT2D eigenvalue weighted by atomic mass is 32.2. The fourth-order valence-electron chi connectivity index (χ4n) is 2.18. The summed E-state index contributed by atoms with van der Waals surface area (Å²) < 4.78 is 0. The van der Waals surface area contributed by atoms with E-state index in [0.717, 1.165) is 31.6 Å². The number of thioether (sulfide) groups is 1. The number of rotatable bonds is 4. The lowest BCUT2D eigenvalue weighted by molar-refractivity contribution is -0.387. The van der Waals surface area contributed by atoms with E-state index in [1.54, 1.807) is 18.2 Å². The number of nitro groups is 1. The van der Waals surface area contributed by atoms with Gasteiger partial charge in [0, 0.05) is 24.9 Å². The van der Waals surface area contributed by atoms with Crippen molar-refractivity contribution in [2.24, 2.45) is 0 Å². The molecule has 0 atom stereocenters. The molecule has 1 saturated heterocycles. The van der Waals surface area contributed by atoms with Gasteiger partial charge in [-0.1, -0.05) is 23.9 Å². The summed E-state index contributed by atoms with van der Waals surface area (Å²) in [4.78, 5) is 13.8. The topological polar surface area (TPSA) is 70.2 Å². The zero-order valence-corrected chi connectivity index (χ0v) is 12.0. The SMILES string of the molecule is C/C(=C(/C#N)Sc1ccccc1[N+](=O)[O-])N1CCCC1. The van der Waals surface area contributed by atoms with E-state index >= 15 is 0 Å². The van der Waals surface area contributed by atoms with Crippen molar-refractivity contribution >= 4 is 17.4 Å². The normalized spacial score (nSPS) is 15.7. The van der Waals surface area contributed by atoms with Crippen LogP contribution in [-0.4, -0.2) is 22.9 Å². The first kappa shape index (κ1) is 14.4. The molecule has 1 aromatic rings. The number of benzene rings is 1. The molecule has 1 aliphatic heterocycles. The van der Waals surface area contributed by atoms with E-state index in [1.807, 2.05) is 6.92 Å². The molecular weight excluding hydrogens is 274 g/mol. The highest BCUT2D eigenvalue weighted by Crippen LogP contribution is 2.36. The monoisotopic (exact) mass is 289 g/mol. The van der Waals surface area contributed by atoms with Gasteiger partial charge in [0.15, 0.2) is 0 Å². The molecule has 1 aromatic carbocycles. The Morgan fingerprint density at radius 1 is 1.40 bits per heavy atom. The summed E-state index contributed by atoms with van der Waals surface area (Å²) in [5, 5.41) is 20.3. The highest BCUT2D eigenvalue weighted by molar-refractivity contribution is 8.03. The quantitative estimate of drug-likeness (QED) is 0.367. The van der Waals surface area contributed by atoms with Crippen LogP contribution in [0.4, 0.5) is 5.69 Å². The van der Waals surface area contributed by atoms with E-state index in [-0.39, 0.29) is 5.69 Å². The molecule has 6 heteroatoms. The molecule has 0 radical (unpaired) electrons. The van der Waals surface area contributed by atoms with Gasteiger partial charge in [0.25, 0.3) is 5.69 Å². The molecule has 5 nitrogen and oxygen atoms in total. The molecule has 0 N–H and O–H groups in total. The third-order valence-corrected chi connectivity index (χ3v) is 4.44. The predicted molar refractivity (Wildman–Crippen MR) is 78.1 cm³/mol. The Labute approximate surface area is 122 Å². The number of allylic oxidation sites excluding steroid dienone is 2. The van der Waals surface area contributed by atoms with Crippen LogP contribution < -0.4 is 0 Å². The van der Waals surface area contributed by atoms with Gasteiger partial charge in [0.1, 0.15) is 11.0 Å². The number of hydrogen-bond acceptors (Lipinski definition) is 5. The zero-order chi connectivity index (χ0) is 14.5. The second-order valence-electron chi connectivity index (χ2n) is 4.55. The minimum atomic E-state index is -0.414. The standard InChI is InChI=1S/C14H15N3O2S/c1-11(16-8-4-5-9-16)14(10-15)20-13-7-3-2-6-12(13)17(18)19/h2-3,6-7H,4-5,8-9H2,1H3/b14-11+. The number of para-hydroxylation sites is 1. The summed E-state index contributed by atoms with van der Waals surface area (Å²) in [6.07, 6.45) is 2.26. The average molecular weight is 289 g/mol. The maximum Gasteiger partial charge on any atom is 0.283 e. The number of nitrogens with zero attached hydrogens (tertiary/aromatic N) is 3. The van der Waals surface area contributed by atoms with E-state index in [4.69, 9.17) is 0 Å². The van der Waals surface area contributed by atoms with Gasteiger partial charge < -0.3 is 4.90 Å². The number of nitriles is 1. The maximum absolute atomic E-state index is 11.0. The number of likely N-dealkylation sites (tertiary alicyclic amines) is 1. The molecule has 0 amide bonds.